The van der Waals surface area contributed by atoms with Crippen molar-refractivity contribution in [1.82, 2.24) is 9.13 Å². The smallest absolute Gasteiger partial charge is 0.0541 e. The largest absolute Gasteiger partial charge is 0.313 e. The van der Waals surface area contributed by atoms with Gasteiger partial charge >= 0.3 is 0 Å². The normalized spacial score (nSPS) is 14.9. The molecular weight excluding hydrogens is 569 g/mol. The summed E-state index contributed by atoms with van der Waals surface area (Å²) in [4.78, 5) is 0. The third-order valence-electron chi connectivity index (χ3n) is 10.1. The van der Waals surface area contributed by atoms with Crippen LogP contribution in [0.25, 0.3) is 77.2 Å². The Hall–Kier alpha value is -5.60. The molecule has 2 nitrogen and oxygen atoms in total. The summed E-state index contributed by atoms with van der Waals surface area (Å²) in [6.07, 6.45) is 7.84. The van der Waals surface area contributed by atoms with Crippen molar-refractivity contribution in [2.24, 2.45) is 5.92 Å². The van der Waals surface area contributed by atoms with Gasteiger partial charge in [0.15, 0.2) is 0 Å². The second kappa shape index (κ2) is 10.7. The molecule has 9 rings (SSSR count). The van der Waals surface area contributed by atoms with Crippen LogP contribution in [-0.2, 0) is 0 Å². The zero-order chi connectivity index (χ0) is 31.6. The van der Waals surface area contributed by atoms with E-state index < -0.39 is 0 Å². The highest BCUT2D eigenvalue weighted by molar-refractivity contribution is 6.12. The summed E-state index contributed by atoms with van der Waals surface area (Å²) >= 11 is 0. The van der Waals surface area contributed by atoms with E-state index >= 15 is 0 Å². The molecule has 0 bridgehead atoms. The van der Waals surface area contributed by atoms with E-state index in [9.17, 15) is 0 Å². The number of rotatable bonds is 4. The highest BCUT2D eigenvalue weighted by atomic mass is 15.0. The monoisotopic (exact) mass is 604 g/mol. The van der Waals surface area contributed by atoms with Crippen LogP contribution in [0.3, 0.4) is 0 Å². The molecule has 1 aliphatic carbocycles. The van der Waals surface area contributed by atoms with Crippen LogP contribution in [0.5, 0.6) is 0 Å². The fourth-order valence-corrected chi connectivity index (χ4v) is 7.87. The Kier molecular flexibility index (Phi) is 6.33. The maximum atomic E-state index is 2.47. The number of para-hydroxylation sites is 3. The molecule has 0 fully saturated rings. The fourth-order valence-electron chi connectivity index (χ4n) is 7.87. The molecule has 1 unspecified atom stereocenters. The number of hydrogen-bond acceptors (Lipinski definition) is 0. The molecule has 2 heterocycles. The molecule has 1 atom stereocenters. The van der Waals surface area contributed by atoms with Crippen molar-refractivity contribution in [2.75, 3.05) is 0 Å². The predicted molar refractivity (Wildman–Crippen MR) is 201 cm³/mol. The molecule has 2 heteroatoms. The lowest BCUT2D eigenvalue weighted by atomic mass is 9.91. The zero-order valence-corrected chi connectivity index (χ0v) is 27.0. The first-order valence-electron chi connectivity index (χ1n) is 16.7. The average Bonchev–Trinajstić information content (AvgIpc) is 3.62. The molecule has 0 spiro atoms. The van der Waals surface area contributed by atoms with Crippen molar-refractivity contribution < 1.29 is 0 Å². The molecule has 2 aromatic heterocycles. The molecule has 47 heavy (non-hydrogen) atoms. The minimum absolute atomic E-state index is 0.540. The Bertz CT molecular complexity index is 2570. The van der Waals surface area contributed by atoms with Crippen LogP contribution in [0, 0.1) is 19.8 Å². The molecule has 0 aliphatic heterocycles. The minimum Gasteiger partial charge on any atom is -0.313 e. The molecular formula is C45H36N2. The number of nitrogens with zero attached hydrogens (tertiary/aromatic N) is 2. The van der Waals surface area contributed by atoms with Gasteiger partial charge in [-0.3, -0.25) is 0 Å². The lowest BCUT2D eigenvalue weighted by Gasteiger charge is -2.18. The van der Waals surface area contributed by atoms with Gasteiger partial charge in [-0.1, -0.05) is 97.9 Å². The number of allylic oxidation sites excluding steroid dienone is 4. The highest BCUT2D eigenvalue weighted by Crippen LogP contribution is 2.40. The van der Waals surface area contributed by atoms with Crippen molar-refractivity contribution in [3.63, 3.8) is 0 Å². The van der Waals surface area contributed by atoms with Crippen LogP contribution < -0.4 is 0 Å². The Balaban J connectivity index is 1.16. The van der Waals surface area contributed by atoms with Crippen molar-refractivity contribution in [3.8, 4) is 27.9 Å². The van der Waals surface area contributed by atoms with Crippen molar-refractivity contribution >= 4 is 49.3 Å². The molecule has 0 N–H and O–H groups in total. The van der Waals surface area contributed by atoms with Gasteiger partial charge in [0.25, 0.3) is 0 Å². The maximum Gasteiger partial charge on any atom is 0.0541 e. The van der Waals surface area contributed by atoms with Gasteiger partial charge < -0.3 is 9.13 Å². The number of aryl methyl sites for hydroxylation is 2. The molecule has 8 aromatic rings. The average molecular weight is 605 g/mol. The van der Waals surface area contributed by atoms with Crippen LogP contribution >= 0.6 is 0 Å². The third-order valence-corrected chi connectivity index (χ3v) is 10.1. The fraction of sp³-hybridized carbons (Fsp3) is 0.111. The molecule has 0 saturated heterocycles. The van der Waals surface area contributed by atoms with Crippen LogP contribution in [0.4, 0.5) is 0 Å². The van der Waals surface area contributed by atoms with Crippen LogP contribution in [0.2, 0.25) is 0 Å². The number of fused-ring (bicyclic) bond motifs is 6. The summed E-state index contributed by atoms with van der Waals surface area (Å²) in [7, 11) is 0. The van der Waals surface area contributed by atoms with E-state index in [1.54, 1.807) is 0 Å². The molecule has 226 valence electrons. The Labute approximate surface area is 275 Å². The zero-order valence-electron chi connectivity index (χ0n) is 27.0. The first kappa shape index (κ1) is 27.7. The Morgan fingerprint density at radius 2 is 1.02 bits per heavy atom. The van der Waals surface area contributed by atoms with E-state index in [4.69, 9.17) is 0 Å². The van der Waals surface area contributed by atoms with Gasteiger partial charge in [0.2, 0.25) is 0 Å². The van der Waals surface area contributed by atoms with Crippen molar-refractivity contribution in [2.45, 2.75) is 27.2 Å². The van der Waals surface area contributed by atoms with Gasteiger partial charge in [0, 0.05) is 32.9 Å². The molecule has 0 saturated carbocycles. The standard InChI is InChI=1S/C45H36N2/c1-29-12-11-15-35(24-29)47-43-19-10-8-17-37(43)41-28-33(21-23-45(41)47)39-26-30(2)38(25-31(39)3)32-20-22-44-40(27-32)36-16-7-9-18-42(36)46(44)34-13-5-4-6-14-34/h4-23,25-29H,24H2,1-3H3. The summed E-state index contributed by atoms with van der Waals surface area (Å²) in [5.41, 5.74) is 15.2. The predicted octanol–water partition coefficient (Wildman–Crippen LogP) is 12.3. The van der Waals surface area contributed by atoms with Crippen LogP contribution in [0.15, 0.2) is 146 Å². The molecule has 0 radical (unpaired) electrons. The first-order valence-corrected chi connectivity index (χ1v) is 16.7. The molecule has 6 aromatic carbocycles. The van der Waals surface area contributed by atoms with E-state index in [-0.39, 0.29) is 0 Å². The van der Waals surface area contributed by atoms with Crippen LogP contribution in [0.1, 0.15) is 24.5 Å². The second-order valence-corrected chi connectivity index (χ2v) is 13.2. The van der Waals surface area contributed by atoms with Crippen LogP contribution in [-0.4, -0.2) is 9.13 Å². The summed E-state index contributed by atoms with van der Waals surface area (Å²) in [6, 6.07) is 47.1. The van der Waals surface area contributed by atoms with Gasteiger partial charge in [-0.15, -0.1) is 0 Å². The van der Waals surface area contributed by atoms with E-state index in [1.165, 1.54) is 88.4 Å². The second-order valence-electron chi connectivity index (χ2n) is 13.2. The quantitative estimate of drug-likeness (QED) is 0.189. The lowest BCUT2D eigenvalue weighted by molar-refractivity contribution is 0.730. The first-order chi connectivity index (χ1) is 23.0. The summed E-state index contributed by atoms with van der Waals surface area (Å²) in [5, 5.41) is 5.17. The summed E-state index contributed by atoms with van der Waals surface area (Å²) in [6.45, 7) is 6.81. The van der Waals surface area contributed by atoms with Crippen molar-refractivity contribution in [3.05, 3.63) is 157 Å². The van der Waals surface area contributed by atoms with E-state index in [1.807, 2.05) is 0 Å². The topological polar surface area (TPSA) is 9.86 Å². The third kappa shape index (κ3) is 4.40. The van der Waals surface area contributed by atoms with E-state index in [2.05, 4.69) is 176 Å². The van der Waals surface area contributed by atoms with E-state index in [0.29, 0.717) is 5.92 Å². The number of hydrogen-bond donors (Lipinski definition) is 0. The van der Waals surface area contributed by atoms with Crippen molar-refractivity contribution in [1.29, 1.82) is 0 Å². The SMILES string of the molecule is Cc1cc(-c2ccc3c(c2)c2ccccc2n3-c2ccccc2)c(C)cc1-c1ccc2c(c1)c1ccccc1n2C1=CC=CC(C)C1. The minimum atomic E-state index is 0.540. The van der Waals surface area contributed by atoms with Gasteiger partial charge in [0.1, 0.15) is 0 Å². The Morgan fingerprint density at radius 1 is 0.511 bits per heavy atom. The van der Waals surface area contributed by atoms with E-state index in [0.717, 1.165) is 6.42 Å². The summed E-state index contributed by atoms with van der Waals surface area (Å²) < 4.78 is 4.85. The Morgan fingerprint density at radius 3 is 1.62 bits per heavy atom. The lowest BCUT2D eigenvalue weighted by Crippen LogP contribution is -2.04. The number of benzene rings is 6. The van der Waals surface area contributed by atoms with Gasteiger partial charge in [-0.05, 0) is 114 Å². The molecule has 1 aliphatic rings. The van der Waals surface area contributed by atoms with Gasteiger partial charge in [-0.25, -0.2) is 0 Å². The summed E-state index contributed by atoms with van der Waals surface area (Å²) in [5.74, 6) is 0.540. The van der Waals surface area contributed by atoms with Gasteiger partial charge in [0.05, 0.1) is 22.1 Å². The van der Waals surface area contributed by atoms with Gasteiger partial charge in [-0.2, -0.15) is 0 Å². The maximum absolute atomic E-state index is 2.47. The highest BCUT2D eigenvalue weighted by Gasteiger charge is 2.18. The molecule has 0 amide bonds. The number of aromatic nitrogens is 2.